The number of rotatable bonds is 2. The second-order valence-corrected chi connectivity index (χ2v) is 4.33. The Morgan fingerprint density at radius 1 is 1.46 bits per heavy atom. The van der Waals surface area contributed by atoms with Crippen molar-refractivity contribution in [1.82, 2.24) is 4.57 Å². The fraction of sp³-hybridized carbons (Fsp3) is 0.545. The number of aromatic nitrogens is 1. The lowest BCUT2D eigenvalue weighted by Gasteiger charge is -2.38. The van der Waals surface area contributed by atoms with E-state index < -0.39 is 0 Å². The van der Waals surface area contributed by atoms with Crippen molar-refractivity contribution in [2.75, 3.05) is 0 Å². The van der Waals surface area contributed by atoms with E-state index in [1.165, 1.54) is 19.3 Å². The number of nitrogens with zero attached hydrogens (tertiary/aromatic N) is 1. The summed E-state index contributed by atoms with van der Waals surface area (Å²) in [4.78, 5) is 11.4. The maximum atomic E-state index is 11.4. The van der Waals surface area contributed by atoms with Gasteiger partial charge in [0.2, 0.25) is 0 Å². The van der Waals surface area contributed by atoms with Crippen molar-refractivity contribution in [2.24, 2.45) is 5.41 Å². The summed E-state index contributed by atoms with van der Waals surface area (Å²) in [5, 5.41) is 0. The molecule has 0 aromatic carbocycles. The summed E-state index contributed by atoms with van der Waals surface area (Å²) in [6, 6.07) is 5.34. The smallest absolute Gasteiger partial charge is 0.250 e. The third-order valence-corrected chi connectivity index (χ3v) is 3.01. The molecule has 0 amide bonds. The van der Waals surface area contributed by atoms with Gasteiger partial charge in [-0.3, -0.25) is 4.79 Å². The summed E-state index contributed by atoms with van der Waals surface area (Å²) in [6.45, 7) is 3.14. The minimum Gasteiger partial charge on any atom is -0.315 e. The van der Waals surface area contributed by atoms with Crippen LogP contribution in [0.5, 0.6) is 0 Å². The maximum Gasteiger partial charge on any atom is 0.250 e. The monoisotopic (exact) mass is 177 g/mol. The molecule has 0 spiro atoms. The van der Waals surface area contributed by atoms with Gasteiger partial charge in [-0.2, -0.15) is 0 Å². The van der Waals surface area contributed by atoms with E-state index in [0.29, 0.717) is 5.41 Å². The van der Waals surface area contributed by atoms with Crippen LogP contribution in [0.4, 0.5) is 0 Å². The third-order valence-electron chi connectivity index (χ3n) is 3.01. The minimum absolute atomic E-state index is 0.121. The molecule has 1 heterocycles. The van der Waals surface area contributed by atoms with Crippen LogP contribution in [-0.2, 0) is 6.54 Å². The Bertz CT molecular complexity index is 349. The van der Waals surface area contributed by atoms with E-state index in [2.05, 4.69) is 6.92 Å². The number of hydrogen-bond donors (Lipinski definition) is 0. The summed E-state index contributed by atoms with van der Waals surface area (Å²) in [5.74, 6) is 0. The third kappa shape index (κ3) is 1.67. The van der Waals surface area contributed by atoms with Gasteiger partial charge in [-0.1, -0.05) is 19.4 Å². The Balaban J connectivity index is 2.18. The molecule has 0 atom stereocenters. The van der Waals surface area contributed by atoms with Gasteiger partial charge in [0.15, 0.2) is 0 Å². The number of pyridine rings is 1. The van der Waals surface area contributed by atoms with Crippen molar-refractivity contribution >= 4 is 0 Å². The van der Waals surface area contributed by atoms with Crippen molar-refractivity contribution in [2.45, 2.75) is 32.7 Å². The van der Waals surface area contributed by atoms with Gasteiger partial charge in [0.05, 0.1) is 0 Å². The Morgan fingerprint density at radius 2 is 2.23 bits per heavy atom. The first kappa shape index (κ1) is 8.54. The normalized spacial score (nSPS) is 19.5. The van der Waals surface area contributed by atoms with Crippen LogP contribution in [-0.4, -0.2) is 4.57 Å². The van der Waals surface area contributed by atoms with Crippen LogP contribution in [0.25, 0.3) is 0 Å². The lowest BCUT2D eigenvalue weighted by atomic mass is 9.70. The molecule has 1 aromatic rings. The molecular formula is C11H15NO. The van der Waals surface area contributed by atoms with Crippen molar-refractivity contribution in [1.29, 1.82) is 0 Å². The van der Waals surface area contributed by atoms with Gasteiger partial charge >= 0.3 is 0 Å². The summed E-state index contributed by atoms with van der Waals surface area (Å²) in [6.07, 6.45) is 5.71. The van der Waals surface area contributed by atoms with E-state index in [1.807, 2.05) is 16.8 Å². The van der Waals surface area contributed by atoms with Gasteiger partial charge in [-0.25, -0.2) is 0 Å². The van der Waals surface area contributed by atoms with Crippen LogP contribution in [0, 0.1) is 5.41 Å². The molecule has 1 aliphatic rings. The Hall–Kier alpha value is -1.05. The maximum absolute atomic E-state index is 11.4. The highest BCUT2D eigenvalue weighted by atomic mass is 16.1. The largest absolute Gasteiger partial charge is 0.315 e. The van der Waals surface area contributed by atoms with Crippen molar-refractivity contribution < 1.29 is 0 Å². The molecule has 0 N–H and O–H groups in total. The van der Waals surface area contributed by atoms with Gasteiger partial charge in [-0.05, 0) is 24.3 Å². The molecule has 1 aliphatic carbocycles. The molecule has 0 aliphatic heterocycles. The van der Waals surface area contributed by atoms with Crippen LogP contribution in [0.3, 0.4) is 0 Å². The quantitative estimate of drug-likeness (QED) is 0.677. The van der Waals surface area contributed by atoms with E-state index in [-0.39, 0.29) is 5.56 Å². The summed E-state index contributed by atoms with van der Waals surface area (Å²) < 4.78 is 1.82. The summed E-state index contributed by atoms with van der Waals surface area (Å²) in [5.41, 5.74) is 0.501. The molecule has 0 bridgehead atoms. The second-order valence-electron chi connectivity index (χ2n) is 4.33. The van der Waals surface area contributed by atoms with Gasteiger partial charge < -0.3 is 4.57 Å². The van der Waals surface area contributed by atoms with E-state index in [0.717, 1.165) is 6.54 Å². The fourth-order valence-electron chi connectivity index (χ4n) is 1.94. The van der Waals surface area contributed by atoms with Gasteiger partial charge in [0.1, 0.15) is 0 Å². The Labute approximate surface area is 78.2 Å². The lowest BCUT2D eigenvalue weighted by molar-refractivity contribution is 0.130. The molecule has 1 aromatic heterocycles. The molecule has 13 heavy (non-hydrogen) atoms. The summed E-state index contributed by atoms with van der Waals surface area (Å²) >= 11 is 0. The highest BCUT2D eigenvalue weighted by Gasteiger charge is 2.31. The van der Waals surface area contributed by atoms with Crippen molar-refractivity contribution in [3.8, 4) is 0 Å². The molecule has 1 fully saturated rings. The Morgan fingerprint density at radius 3 is 2.77 bits per heavy atom. The van der Waals surface area contributed by atoms with Crippen LogP contribution in [0.1, 0.15) is 26.2 Å². The van der Waals surface area contributed by atoms with E-state index in [1.54, 1.807) is 12.1 Å². The average Bonchev–Trinajstić information content (AvgIpc) is 2.06. The van der Waals surface area contributed by atoms with Crippen LogP contribution >= 0.6 is 0 Å². The molecule has 1 saturated carbocycles. The summed E-state index contributed by atoms with van der Waals surface area (Å²) in [7, 11) is 0. The highest BCUT2D eigenvalue weighted by molar-refractivity contribution is 4.95. The van der Waals surface area contributed by atoms with Gasteiger partial charge in [0.25, 0.3) is 5.56 Å². The molecule has 0 radical (unpaired) electrons. The van der Waals surface area contributed by atoms with E-state index >= 15 is 0 Å². The standard InChI is InChI=1S/C11H15NO/c1-11(6-4-7-11)9-12-8-3-2-5-10(12)13/h2-3,5,8H,4,6-7,9H2,1H3. The van der Waals surface area contributed by atoms with Gasteiger partial charge in [-0.15, -0.1) is 0 Å². The molecule has 2 nitrogen and oxygen atoms in total. The van der Waals surface area contributed by atoms with Crippen LogP contribution in [0.15, 0.2) is 29.2 Å². The van der Waals surface area contributed by atoms with Crippen LogP contribution < -0.4 is 5.56 Å². The first-order chi connectivity index (χ1) is 6.20. The highest BCUT2D eigenvalue weighted by Crippen LogP contribution is 2.41. The van der Waals surface area contributed by atoms with Crippen molar-refractivity contribution in [3.05, 3.63) is 34.7 Å². The molecule has 0 saturated heterocycles. The van der Waals surface area contributed by atoms with Crippen LogP contribution in [0.2, 0.25) is 0 Å². The molecule has 2 rings (SSSR count). The SMILES string of the molecule is CC1(Cn2ccccc2=O)CCC1. The minimum atomic E-state index is 0.121. The first-order valence-electron chi connectivity index (χ1n) is 4.85. The molecular weight excluding hydrogens is 162 g/mol. The molecule has 0 unspecified atom stereocenters. The average molecular weight is 177 g/mol. The predicted octanol–water partition coefficient (Wildman–Crippen LogP) is 2.04. The van der Waals surface area contributed by atoms with Crippen molar-refractivity contribution in [3.63, 3.8) is 0 Å². The van der Waals surface area contributed by atoms with E-state index in [4.69, 9.17) is 0 Å². The predicted molar refractivity (Wildman–Crippen MR) is 52.7 cm³/mol. The lowest BCUT2D eigenvalue weighted by Crippen LogP contribution is -2.34. The van der Waals surface area contributed by atoms with E-state index in [9.17, 15) is 4.79 Å². The second kappa shape index (κ2) is 3.02. The molecule has 2 heteroatoms. The topological polar surface area (TPSA) is 22.0 Å². The zero-order chi connectivity index (χ0) is 9.31. The first-order valence-corrected chi connectivity index (χ1v) is 4.85. The zero-order valence-electron chi connectivity index (χ0n) is 7.99. The fourth-order valence-corrected chi connectivity index (χ4v) is 1.94. The zero-order valence-corrected chi connectivity index (χ0v) is 7.99. The molecule has 70 valence electrons. The number of hydrogen-bond acceptors (Lipinski definition) is 1. The Kier molecular flexibility index (Phi) is 1.98. The van der Waals surface area contributed by atoms with Gasteiger partial charge in [0, 0.05) is 18.8 Å².